The van der Waals surface area contributed by atoms with Crippen molar-refractivity contribution in [1.82, 2.24) is 4.90 Å². The number of likely N-dealkylation sites (tertiary alicyclic amines) is 1. The van der Waals surface area contributed by atoms with Gasteiger partial charge in [0, 0.05) is 38.4 Å². The van der Waals surface area contributed by atoms with Gasteiger partial charge in [0.05, 0.1) is 25.5 Å². The smallest absolute Gasteiger partial charge is 0.290 e. The van der Waals surface area contributed by atoms with Gasteiger partial charge in [-0.15, -0.1) is 0 Å². The largest absolute Gasteiger partial charge is 0.459 e. The summed E-state index contributed by atoms with van der Waals surface area (Å²) < 4.78 is 22.9. The van der Waals surface area contributed by atoms with Gasteiger partial charge in [0.1, 0.15) is 5.60 Å². The zero-order chi connectivity index (χ0) is 17.3. The van der Waals surface area contributed by atoms with Gasteiger partial charge in [0.25, 0.3) is 5.91 Å². The number of carbonyl (C=O) groups is 1. The lowest BCUT2D eigenvalue weighted by molar-refractivity contribution is -0.189. The molecule has 3 aliphatic heterocycles. The van der Waals surface area contributed by atoms with Crippen LogP contribution in [0.1, 0.15) is 41.8 Å². The zero-order valence-electron chi connectivity index (χ0n) is 14.9. The highest BCUT2D eigenvalue weighted by atomic mass is 16.5. The minimum absolute atomic E-state index is 0.0398. The Kier molecular flexibility index (Phi) is 4.84. The van der Waals surface area contributed by atoms with E-state index in [2.05, 4.69) is 0 Å². The second kappa shape index (κ2) is 7.09. The molecule has 6 nitrogen and oxygen atoms in total. The lowest BCUT2D eigenvalue weighted by atomic mass is 9.84. The summed E-state index contributed by atoms with van der Waals surface area (Å²) in [6.07, 6.45) is 5.81. The summed E-state index contributed by atoms with van der Waals surface area (Å²) in [5, 5.41) is 0. The van der Waals surface area contributed by atoms with E-state index in [9.17, 15) is 4.79 Å². The molecule has 3 aliphatic rings. The molecule has 1 aromatic rings. The molecule has 1 atom stereocenters. The molecule has 0 bridgehead atoms. The highest BCUT2D eigenvalue weighted by Crippen LogP contribution is 2.36. The van der Waals surface area contributed by atoms with Gasteiger partial charge in [-0.3, -0.25) is 4.79 Å². The first-order valence-corrected chi connectivity index (χ1v) is 9.32. The van der Waals surface area contributed by atoms with Crippen LogP contribution in [0.5, 0.6) is 0 Å². The van der Waals surface area contributed by atoms with Crippen LogP contribution >= 0.6 is 0 Å². The van der Waals surface area contributed by atoms with E-state index in [0.29, 0.717) is 31.4 Å². The summed E-state index contributed by atoms with van der Waals surface area (Å²) in [5.41, 5.74) is 0.655. The maximum atomic E-state index is 12.5. The Morgan fingerprint density at radius 3 is 2.80 bits per heavy atom. The van der Waals surface area contributed by atoms with E-state index in [1.54, 1.807) is 6.26 Å². The van der Waals surface area contributed by atoms with E-state index >= 15 is 0 Å². The van der Waals surface area contributed by atoms with Crippen LogP contribution in [0.2, 0.25) is 0 Å². The standard InChI is InChI=1S/C19H27NO5/c1-14-2-8-23-17(14)18(21)20-12-19(13-20)10-16(5-9-25-19)24-11-15-3-6-22-7-4-15/h2,8,15-16H,3-7,9-13H2,1H3/t16-/m1/s1. The Labute approximate surface area is 148 Å². The lowest BCUT2D eigenvalue weighted by Crippen LogP contribution is -2.67. The van der Waals surface area contributed by atoms with Gasteiger partial charge in [-0.05, 0) is 38.2 Å². The maximum Gasteiger partial charge on any atom is 0.290 e. The number of nitrogens with zero attached hydrogens (tertiary/aromatic N) is 1. The molecule has 0 radical (unpaired) electrons. The monoisotopic (exact) mass is 349 g/mol. The Bertz CT molecular complexity index is 601. The van der Waals surface area contributed by atoms with Crippen molar-refractivity contribution in [2.24, 2.45) is 5.92 Å². The van der Waals surface area contributed by atoms with Gasteiger partial charge in [-0.2, -0.15) is 0 Å². The predicted octanol–water partition coefficient (Wildman–Crippen LogP) is 2.40. The number of rotatable bonds is 4. The van der Waals surface area contributed by atoms with Crippen LogP contribution in [0.25, 0.3) is 0 Å². The molecule has 138 valence electrons. The van der Waals surface area contributed by atoms with E-state index in [1.165, 1.54) is 0 Å². The first-order valence-electron chi connectivity index (χ1n) is 9.32. The highest BCUT2D eigenvalue weighted by molar-refractivity contribution is 5.93. The van der Waals surface area contributed by atoms with E-state index in [4.69, 9.17) is 18.6 Å². The quantitative estimate of drug-likeness (QED) is 0.835. The Balaban J connectivity index is 1.27. The number of hydrogen-bond donors (Lipinski definition) is 0. The minimum atomic E-state index is -0.227. The molecule has 1 amide bonds. The molecule has 0 aliphatic carbocycles. The third-order valence-corrected chi connectivity index (χ3v) is 5.66. The molecule has 4 heterocycles. The normalized spacial score (nSPS) is 26.6. The second-order valence-corrected chi connectivity index (χ2v) is 7.63. The zero-order valence-corrected chi connectivity index (χ0v) is 14.9. The van der Waals surface area contributed by atoms with E-state index in [-0.39, 0.29) is 17.6 Å². The number of ether oxygens (including phenoxy) is 3. The van der Waals surface area contributed by atoms with Gasteiger partial charge in [0.15, 0.2) is 5.76 Å². The molecule has 3 saturated heterocycles. The van der Waals surface area contributed by atoms with Crippen LogP contribution < -0.4 is 0 Å². The van der Waals surface area contributed by atoms with Gasteiger partial charge >= 0.3 is 0 Å². The topological polar surface area (TPSA) is 61.1 Å². The van der Waals surface area contributed by atoms with Crippen molar-refractivity contribution in [3.8, 4) is 0 Å². The fraction of sp³-hybridized carbons (Fsp3) is 0.737. The Hall–Kier alpha value is -1.37. The number of hydrogen-bond acceptors (Lipinski definition) is 5. The molecular weight excluding hydrogens is 322 g/mol. The third kappa shape index (κ3) is 3.61. The number of carbonyl (C=O) groups excluding carboxylic acids is 1. The molecule has 6 heteroatoms. The molecule has 4 rings (SSSR count). The second-order valence-electron chi connectivity index (χ2n) is 7.63. The van der Waals surface area contributed by atoms with Crippen LogP contribution in [-0.4, -0.2) is 62.0 Å². The molecular formula is C19H27NO5. The Morgan fingerprint density at radius 2 is 2.08 bits per heavy atom. The molecule has 1 aromatic heterocycles. The number of furan rings is 1. The van der Waals surface area contributed by atoms with Gasteiger partial charge in [-0.25, -0.2) is 0 Å². The molecule has 1 spiro atoms. The molecule has 0 unspecified atom stereocenters. The fourth-order valence-corrected chi connectivity index (χ4v) is 4.06. The first kappa shape index (κ1) is 17.1. The molecule has 3 fully saturated rings. The predicted molar refractivity (Wildman–Crippen MR) is 90.5 cm³/mol. The van der Waals surface area contributed by atoms with Crippen molar-refractivity contribution in [2.45, 2.75) is 44.3 Å². The SMILES string of the molecule is Cc1ccoc1C(=O)N1CC2(C[C@H](OCC3CCOCC3)CCO2)C1. The summed E-state index contributed by atoms with van der Waals surface area (Å²) in [6, 6.07) is 1.82. The number of amides is 1. The number of aryl methyl sites for hydroxylation is 1. The van der Waals surface area contributed by atoms with E-state index in [0.717, 1.165) is 51.1 Å². The van der Waals surface area contributed by atoms with Gasteiger partial charge in [0.2, 0.25) is 0 Å². The van der Waals surface area contributed by atoms with Crippen LogP contribution in [0, 0.1) is 12.8 Å². The van der Waals surface area contributed by atoms with Crippen molar-refractivity contribution in [3.63, 3.8) is 0 Å². The maximum absolute atomic E-state index is 12.5. The Morgan fingerprint density at radius 1 is 1.28 bits per heavy atom. The van der Waals surface area contributed by atoms with Crippen LogP contribution in [0.3, 0.4) is 0 Å². The van der Waals surface area contributed by atoms with Crippen molar-refractivity contribution in [2.75, 3.05) is 39.5 Å². The summed E-state index contributed by atoms with van der Waals surface area (Å²) in [6.45, 7) is 6.39. The molecule has 25 heavy (non-hydrogen) atoms. The summed E-state index contributed by atoms with van der Waals surface area (Å²) in [7, 11) is 0. The average molecular weight is 349 g/mol. The summed E-state index contributed by atoms with van der Waals surface area (Å²) in [4.78, 5) is 14.3. The third-order valence-electron chi connectivity index (χ3n) is 5.66. The van der Waals surface area contributed by atoms with Crippen molar-refractivity contribution in [1.29, 1.82) is 0 Å². The van der Waals surface area contributed by atoms with Crippen molar-refractivity contribution >= 4 is 5.91 Å². The highest BCUT2D eigenvalue weighted by Gasteiger charge is 2.50. The summed E-state index contributed by atoms with van der Waals surface area (Å²) >= 11 is 0. The minimum Gasteiger partial charge on any atom is -0.459 e. The van der Waals surface area contributed by atoms with Crippen molar-refractivity contribution in [3.05, 3.63) is 23.7 Å². The van der Waals surface area contributed by atoms with Gasteiger partial charge < -0.3 is 23.5 Å². The van der Waals surface area contributed by atoms with Crippen LogP contribution in [0.15, 0.2) is 16.7 Å². The average Bonchev–Trinajstić information content (AvgIpc) is 3.04. The van der Waals surface area contributed by atoms with Gasteiger partial charge in [-0.1, -0.05) is 0 Å². The molecule has 0 aromatic carbocycles. The van der Waals surface area contributed by atoms with Crippen LogP contribution in [0.4, 0.5) is 0 Å². The lowest BCUT2D eigenvalue weighted by Gasteiger charge is -2.52. The van der Waals surface area contributed by atoms with Crippen LogP contribution in [-0.2, 0) is 14.2 Å². The molecule has 0 N–H and O–H groups in total. The summed E-state index contributed by atoms with van der Waals surface area (Å²) in [5.74, 6) is 1.02. The van der Waals surface area contributed by atoms with Crippen molar-refractivity contribution < 1.29 is 23.4 Å². The fourth-order valence-electron chi connectivity index (χ4n) is 4.06. The van der Waals surface area contributed by atoms with E-state index in [1.807, 2.05) is 17.9 Å². The molecule has 0 saturated carbocycles. The van der Waals surface area contributed by atoms with E-state index < -0.39 is 0 Å². The first-order chi connectivity index (χ1) is 12.2.